The number of benzene rings is 2. The summed E-state index contributed by atoms with van der Waals surface area (Å²) in [4.78, 5) is 26.6. The van der Waals surface area contributed by atoms with Gasteiger partial charge in [-0.25, -0.2) is 0 Å². The molecule has 0 aromatic heterocycles. The summed E-state index contributed by atoms with van der Waals surface area (Å²) in [7, 11) is 4.60. The summed E-state index contributed by atoms with van der Waals surface area (Å²) < 4.78 is 15.7. The Kier molecular flexibility index (Phi) is 8.76. The monoisotopic (exact) mass is 435 g/mol. The number of carbonyl (C=O) groups excluding carboxylic acids is 2. The van der Waals surface area contributed by atoms with Crippen molar-refractivity contribution in [1.29, 1.82) is 0 Å². The molecule has 9 heteroatoms. The molecule has 0 bridgehead atoms. The van der Waals surface area contributed by atoms with Crippen molar-refractivity contribution in [2.45, 2.75) is 13.5 Å². The lowest BCUT2D eigenvalue weighted by molar-refractivity contribution is -0.123. The summed E-state index contributed by atoms with van der Waals surface area (Å²) in [6.45, 7) is 3.21. The molecule has 0 aliphatic heterocycles. The van der Waals surface area contributed by atoms with E-state index < -0.39 is 5.91 Å². The maximum Gasteiger partial charge on any atom is 0.273 e. The lowest BCUT2D eigenvalue weighted by Gasteiger charge is -2.21. The summed E-state index contributed by atoms with van der Waals surface area (Å²) in [5, 5.41) is 0.388. The number of nitrogens with zero attached hydrogens (tertiary/aromatic N) is 1. The number of hydrazine groups is 1. The van der Waals surface area contributed by atoms with Gasteiger partial charge in [0.15, 0.2) is 11.5 Å². The lowest BCUT2D eigenvalue weighted by atomic mass is 10.2. The number of ether oxygens (including phenoxy) is 3. The minimum Gasteiger partial charge on any atom is -0.496 e. The van der Waals surface area contributed by atoms with Gasteiger partial charge in [-0.2, -0.15) is 0 Å². The topological polar surface area (TPSA) is 89.1 Å². The molecule has 0 saturated carbocycles. The summed E-state index contributed by atoms with van der Waals surface area (Å²) in [6.07, 6.45) is 0. The second-order valence-corrected chi connectivity index (χ2v) is 6.78. The van der Waals surface area contributed by atoms with Crippen LogP contribution in [0.15, 0.2) is 36.4 Å². The maximum absolute atomic E-state index is 12.4. The average Bonchev–Trinajstić information content (AvgIpc) is 2.76. The molecular formula is C21H26ClN3O5. The van der Waals surface area contributed by atoms with E-state index >= 15 is 0 Å². The number of amides is 2. The Bertz CT molecular complexity index is 891. The van der Waals surface area contributed by atoms with E-state index in [1.165, 1.54) is 13.2 Å². The third-order valence-electron chi connectivity index (χ3n) is 4.39. The number of methoxy groups -OCH3 is 3. The third-order valence-corrected chi connectivity index (χ3v) is 4.63. The second-order valence-electron chi connectivity index (χ2n) is 6.34. The molecule has 0 fully saturated rings. The summed E-state index contributed by atoms with van der Waals surface area (Å²) in [6, 6.07) is 10.3. The van der Waals surface area contributed by atoms with Gasteiger partial charge >= 0.3 is 0 Å². The van der Waals surface area contributed by atoms with Crippen LogP contribution >= 0.6 is 11.6 Å². The molecule has 0 aliphatic carbocycles. The van der Waals surface area contributed by atoms with Crippen molar-refractivity contribution >= 4 is 23.4 Å². The van der Waals surface area contributed by atoms with Gasteiger partial charge in [0, 0.05) is 11.6 Å². The fraction of sp³-hybridized carbons (Fsp3) is 0.333. The zero-order valence-electron chi connectivity index (χ0n) is 17.5. The minimum atomic E-state index is -0.523. The quantitative estimate of drug-likeness (QED) is 0.589. The molecule has 2 amide bonds. The zero-order chi connectivity index (χ0) is 22.1. The van der Waals surface area contributed by atoms with Gasteiger partial charge < -0.3 is 14.2 Å². The predicted molar refractivity (Wildman–Crippen MR) is 114 cm³/mol. The number of carbonyl (C=O) groups is 2. The van der Waals surface area contributed by atoms with Crippen molar-refractivity contribution in [3.05, 3.63) is 52.5 Å². The normalized spacial score (nSPS) is 10.5. The van der Waals surface area contributed by atoms with Crippen molar-refractivity contribution in [1.82, 2.24) is 15.8 Å². The molecule has 8 nitrogen and oxygen atoms in total. The van der Waals surface area contributed by atoms with Crippen LogP contribution in [0.4, 0.5) is 0 Å². The zero-order valence-corrected chi connectivity index (χ0v) is 18.2. The van der Waals surface area contributed by atoms with Crippen molar-refractivity contribution in [3.63, 3.8) is 0 Å². The summed E-state index contributed by atoms with van der Waals surface area (Å²) >= 11 is 5.94. The van der Waals surface area contributed by atoms with Crippen LogP contribution in [0.25, 0.3) is 0 Å². The van der Waals surface area contributed by atoms with Gasteiger partial charge in [-0.15, -0.1) is 0 Å². The van der Waals surface area contributed by atoms with Crippen LogP contribution in [0.5, 0.6) is 17.2 Å². The maximum atomic E-state index is 12.4. The molecule has 2 rings (SSSR count). The first-order valence-corrected chi connectivity index (χ1v) is 9.65. The molecule has 0 atom stereocenters. The van der Waals surface area contributed by atoms with E-state index in [0.717, 1.165) is 5.56 Å². The van der Waals surface area contributed by atoms with Crippen LogP contribution in [-0.4, -0.2) is 51.1 Å². The molecule has 0 spiro atoms. The van der Waals surface area contributed by atoms with E-state index in [0.29, 0.717) is 35.4 Å². The van der Waals surface area contributed by atoms with Crippen molar-refractivity contribution in [3.8, 4) is 17.2 Å². The van der Waals surface area contributed by atoms with E-state index in [4.69, 9.17) is 25.8 Å². The number of hydrogen-bond donors (Lipinski definition) is 2. The number of nitrogens with one attached hydrogen (secondary N) is 2. The number of halogens is 1. The van der Waals surface area contributed by atoms with Gasteiger partial charge in [-0.1, -0.05) is 24.6 Å². The molecule has 0 aliphatic rings. The molecule has 2 aromatic carbocycles. The Hall–Kier alpha value is -2.97. The first kappa shape index (κ1) is 23.3. The van der Waals surface area contributed by atoms with E-state index in [1.807, 2.05) is 30.0 Å². The van der Waals surface area contributed by atoms with Crippen LogP contribution < -0.4 is 25.1 Å². The molecule has 30 heavy (non-hydrogen) atoms. The Morgan fingerprint density at radius 3 is 2.23 bits per heavy atom. The molecule has 2 N–H and O–H groups in total. The highest BCUT2D eigenvalue weighted by molar-refractivity contribution is 6.31. The number of hydrogen-bond acceptors (Lipinski definition) is 6. The van der Waals surface area contributed by atoms with Gasteiger partial charge in [0.1, 0.15) is 5.75 Å². The smallest absolute Gasteiger partial charge is 0.273 e. The van der Waals surface area contributed by atoms with E-state index in [-0.39, 0.29) is 18.0 Å². The second kappa shape index (κ2) is 11.3. The molecule has 0 saturated heterocycles. The van der Waals surface area contributed by atoms with Gasteiger partial charge in [0.2, 0.25) is 0 Å². The van der Waals surface area contributed by atoms with E-state index in [1.54, 1.807) is 26.4 Å². The molecule has 0 heterocycles. The molecule has 0 radical (unpaired) electrons. The molecular weight excluding hydrogens is 410 g/mol. The highest BCUT2D eigenvalue weighted by Gasteiger charge is 2.15. The van der Waals surface area contributed by atoms with E-state index in [9.17, 15) is 9.59 Å². The van der Waals surface area contributed by atoms with Gasteiger partial charge in [-0.05, 0) is 42.4 Å². The minimum absolute atomic E-state index is 0.0950. The average molecular weight is 436 g/mol. The highest BCUT2D eigenvalue weighted by Crippen LogP contribution is 2.28. The van der Waals surface area contributed by atoms with Gasteiger partial charge in [-0.3, -0.25) is 25.3 Å². The first-order valence-electron chi connectivity index (χ1n) is 9.27. The summed E-state index contributed by atoms with van der Waals surface area (Å²) in [5.41, 5.74) is 6.00. The van der Waals surface area contributed by atoms with Crippen LogP contribution in [0.1, 0.15) is 22.8 Å². The van der Waals surface area contributed by atoms with Crippen LogP contribution in [-0.2, 0) is 11.3 Å². The van der Waals surface area contributed by atoms with Crippen molar-refractivity contribution in [2.75, 3.05) is 34.4 Å². The van der Waals surface area contributed by atoms with Crippen LogP contribution in [0, 0.1) is 0 Å². The largest absolute Gasteiger partial charge is 0.496 e. The number of rotatable bonds is 9. The lowest BCUT2D eigenvalue weighted by Crippen LogP contribution is -2.46. The molecule has 2 aromatic rings. The fourth-order valence-corrected chi connectivity index (χ4v) is 2.98. The predicted octanol–water partition coefficient (Wildman–Crippen LogP) is 2.65. The standard InChI is InChI=1S/C21H26ClN3O5/c1-5-25(12-14-6-8-18(29-3)19(10-14)30-4)13-20(26)23-24-21(27)16-11-15(22)7-9-17(16)28-2/h6-11H,5,12-13H2,1-4H3,(H,23,26)(H,24,27). The summed E-state index contributed by atoms with van der Waals surface area (Å²) in [5.74, 6) is 0.742. The van der Waals surface area contributed by atoms with Gasteiger partial charge in [0.25, 0.3) is 11.8 Å². The first-order chi connectivity index (χ1) is 14.4. The third kappa shape index (κ3) is 6.27. The number of likely N-dealkylation sites (N-methyl/N-ethyl adjacent to an activating group) is 1. The van der Waals surface area contributed by atoms with E-state index in [2.05, 4.69) is 10.9 Å². The highest BCUT2D eigenvalue weighted by atomic mass is 35.5. The molecule has 0 unspecified atom stereocenters. The SMILES string of the molecule is CCN(CC(=O)NNC(=O)c1cc(Cl)ccc1OC)Cc1ccc(OC)c(OC)c1. The van der Waals surface area contributed by atoms with Crippen molar-refractivity contribution in [2.24, 2.45) is 0 Å². The van der Waals surface area contributed by atoms with Crippen LogP contribution in [0.3, 0.4) is 0 Å². The van der Waals surface area contributed by atoms with Crippen molar-refractivity contribution < 1.29 is 23.8 Å². The molecule has 162 valence electrons. The Labute approximate surface area is 181 Å². The van der Waals surface area contributed by atoms with Gasteiger partial charge in [0.05, 0.1) is 33.4 Å². The Morgan fingerprint density at radius 1 is 0.933 bits per heavy atom. The Morgan fingerprint density at radius 2 is 1.60 bits per heavy atom. The van der Waals surface area contributed by atoms with Crippen LogP contribution in [0.2, 0.25) is 5.02 Å². The fourth-order valence-electron chi connectivity index (χ4n) is 2.81. The Balaban J connectivity index is 1.94.